The summed E-state index contributed by atoms with van der Waals surface area (Å²) in [7, 11) is 4.27. The van der Waals surface area contributed by atoms with Crippen LogP contribution in [0.5, 0.6) is 0 Å². The van der Waals surface area contributed by atoms with Crippen molar-refractivity contribution in [1.82, 2.24) is 9.80 Å². The van der Waals surface area contributed by atoms with Crippen molar-refractivity contribution in [3.05, 3.63) is 0 Å². The van der Waals surface area contributed by atoms with Crippen LogP contribution in [0.4, 0.5) is 0 Å². The Morgan fingerprint density at radius 1 is 1.47 bits per heavy atom. The lowest BCUT2D eigenvalue weighted by Gasteiger charge is -2.38. The van der Waals surface area contributed by atoms with Gasteiger partial charge in [0.05, 0.1) is 6.61 Å². The summed E-state index contributed by atoms with van der Waals surface area (Å²) in [4.78, 5) is 4.65. The molecule has 0 aromatic carbocycles. The number of hydrogen-bond donors (Lipinski definition) is 2. The van der Waals surface area contributed by atoms with Crippen LogP contribution >= 0.6 is 0 Å². The molecular weight excluding hydrogens is 190 g/mol. The fraction of sp³-hybridized carbons (Fsp3) is 1.00. The zero-order valence-corrected chi connectivity index (χ0v) is 10.2. The van der Waals surface area contributed by atoms with Gasteiger partial charge in [0.2, 0.25) is 0 Å². The van der Waals surface area contributed by atoms with Crippen LogP contribution < -0.4 is 5.73 Å². The third-order valence-corrected chi connectivity index (χ3v) is 3.28. The van der Waals surface area contributed by atoms with E-state index in [1.165, 1.54) is 12.8 Å². The smallest absolute Gasteiger partial charge is 0.0621 e. The van der Waals surface area contributed by atoms with Gasteiger partial charge in [0.15, 0.2) is 0 Å². The van der Waals surface area contributed by atoms with Gasteiger partial charge in [0.1, 0.15) is 0 Å². The summed E-state index contributed by atoms with van der Waals surface area (Å²) in [5.41, 5.74) is 5.47. The Bertz CT molecular complexity index is 188. The number of likely N-dealkylation sites (N-methyl/N-ethyl adjacent to an activating group) is 1. The van der Waals surface area contributed by atoms with Gasteiger partial charge in [-0.1, -0.05) is 0 Å². The van der Waals surface area contributed by atoms with E-state index in [9.17, 15) is 0 Å². The summed E-state index contributed by atoms with van der Waals surface area (Å²) in [6, 6.07) is 0.621. The van der Waals surface area contributed by atoms with E-state index < -0.39 is 5.54 Å². The molecule has 0 spiro atoms. The zero-order chi connectivity index (χ0) is 11.5. The summed E-state index contributed by atoms with van der Waals surface area (Å²) in [5, 5.41) is 9.12. The SMILES string of the molecule is CN1CCC(N(C)CC(C)(N)CO)CC1. The van der Waals surface area contributed by atoms with Gasteiger partial charge in [-0.3, -0.25) is 0 Å². The Hall–Kier alpha value is -0.160. The first-order chi connectivity index (χ1) is 6.94. The van der Waals surface area contributed by atoms with E-state index in [0.29, 0.717) is 6.04 Å². The Kier molecular flexibility index (Phi) is 4.52. The van der Waals surface area contributed by atoms with Crippen molar-refractivity contribution in [2.24, 2.45) is 5.73 Å². The van der Waals surface area contributed by atoms with E-state index in [1.54, 1.807) is 0 Å². The molecule has 4 nitrogen and oxygen atoms in total. The third kappa shape index (κ3) is 4.07. The van der Waals surface area contributed by atoms with Crippen molar-refractivity contribution in [3.8, 4) is 0 Å². The molecule has 1 aliphatic rings. The normalized spacial score (nSPS) is 24.4. The van der Waals surface area contributed by atoms with Crippen LogP contribution in [0.1, 0.15) is 19.8 Å². The van der Waals surface area contributed by atoms with Crippen molar-refractivity contribution in [2.45, 2.75) is 31.3 Å². The number of aliphatic hydroxyl groups excluding tert-OH is 1. The van der Waals surface area contributed by atoms with Gasteiger partial charge in [-0.2, -0.15) is 0 Å². The largest absolute Gasteiger partial charge is 0.394 e. The summed E-state index contributed by atoms with van der Waals surface area (Å²) in [6.45, 7) is 5.03. The first-order valence-corrected chi connectivity index (χ1v) is 5.73. The molecule has 1 atom stereocenters. The van der Waals surface area contributed by atoms with Crippen molar-refractivity contribution in [3.63, 3.8) is 0 Å². The maximum absolute atomic E-state index is 9.12. The quantitative estimate of drug-likeness (QED) is 0.677. The highest BCUT2D eigenvalue weighted by Gasteiger charge is 2.26. The second kappa shape index (κ2) is 5.25. The fourth-order valence-electron chi connectivity index (χ4n) is 2.18. The standard InChI is InChI=1S/C11H25N3O/c1-11(12,9-15)8-14(3)10-4-6-13(2)7-5-10/h10,15H,4-9,12H2,1-3H3. The Labute approximate surface area is 93.0 Å². The van der Waals surface area contributed by atoms with Gasteiger partial charge in [-0.25, -0.2) is 0 Å². The molecule has 0 radical (unpaired) electrons. The van der Waals surface area contributed by atoms with E-state index in [1.807, 2.05) is 6.92 Å². The van der Waals surface area contributed by atoms with Gasteiger partial charge in [0, 0.05) is 18.1 Å². The Morgan fingerprint density at radius 3 is 2.47 bits per heavy atom. The number of nitrogens with two attached hydrogens (primary N) is 1. The molecule has 1 rings (SSSR count). The molecule has 0 aromatic rings. The molecule has 1 saturated heterocycles. The number of nitrogens with zero attached hydrogens (tertiary/aromatic N) is 2. The summed E-state index contributed by atoms with van der Waals surface area (Å²) >= 11 is 0. The van der Waals surface area contributed by atoms with Gasteiger partial charge >= 0.3 is 0 Å². The molecule has 0 aliphatic carbocycles. The van der Waals surface area contributed by atoms with Crippen LogP contribution in [0.2, 0.25) is 0 Å². The first-order valence-electron chi connectivity index (χ1n) is 5.73. The highest BCUT2D eigenvalue weighted by molar-refractivity contribution is 4.85. The molecule has 3 N–H and O–H groups in total. The molecule has 0 aromatic heterocycles. The van der Waals surface area contributed by atoms with Gasteiger partial charge < -0.3 is 20.6 Å². The molecular formula is C11H25N3O. The molecule has 90 valence electrons. The second-order valence-electron chi connectivity index (χ2n) is 5.26. The van der Waals surface area contributed by atoms with Gasteiger partial charge in [0.25, 0.3) is 0 Å². The Balaban J connectivity index is 2.37. The molecule has 1 unspecified atom stereocenters. The summed E-state index contributed by atoms with van der Waals surface area (Å²) < 4.78 is 0. The number of hydrogen-bond acceptors (Lipinski definition) is 4. The van der Waals surface area contributed by atoms with E-state index in [2.05, 4.69) is 23.9 Å². The molecule has 0 saturated carbocycles. The average Bonchev–Trinajstić information content (AvgIpc) is 2.18. The molecule has 1 heterocycles. The van der Waals surface area contributed by atoms with Gasteiger partial charge in [-0.05, 0) is 47.0 Å². The number of rotatable bonds is 4. The van der Waals surface area contributed by atoms with Crippen molar-refractivity contribution in [2.75, 3.05) is 40.3 Å². The van der Waals surface area contributed by atoms with E-state index >= 15 is 0 Å². The molecule has 15 heavy (non-hydrogen) atoms. The highest BCUT2D eigenvalue weighted by atomic mass is 16.3. The minimum atomic E-state index is -0.474. The summed E-state index contributed by atoms with van der Waals surface area (Å²) in [6.07, 6.45) is 2.41. The lowest BCUT2D eigenvalue weighted by atomic mass is 10.00. The van der Waals surface area contributed by atoms with E-state index in [4.69, 9.17) is 10.8 Å². The summed E-state index contributed by atoms with van der Waals surface area (Å²) in [5.74, 6) is 0. The van der Waals surface area contributed by atoms with Crippen LogP contribution in [-0.4, -0.2) is 66.8 Å². The first kappa shape index (κ1) is 12.9. The lowest BCUT2D eigenvalue weighted by molar-refractivity contribution is 0.102. The number of likely N-dealkylation sites (tertiary alicyclic amines) is 1. The van der Waals surface area contributed by atoms with Crippen molar-refractivity contribution >= 4 is 0 Å². The monoisotopic (exact) mass is 215 g/mol. The van der Waals surface area contributed by atoms with Crippen LogP contribution in [0, 0.1) is 0 Å². The van der Waals surface area contributed by atoms with Crippen LogP contribution in [-0.2, 0) is 0 Å². The molecule has 4 heteroatoms. The lowest BCUT2D eigenvalue weighted by Crippen LogP contribution is -2.53. The topological polar surface area (TPSA) is 52.7 Å². The van der Waals surface area contributed by atoms with Crippen molar-refractivity contribution in [1.29, 1.82) is 0 Å². The Morgan fingerprint density at radius 2 is 2.00 bits per heavy atom. The van der Waals surface area contributed by atoms with Crippen LogP contribution in [0.25, 0.3) is 0 Å². The zero-order valence-electron chi connectivity index (χ0n) is 10.2. The maximum Gasteiger partial charge on any atom is 0.0621 e. The molecule has 1 aliphatic heterocycles. The highest BCUT2D eigenvalue weighted by Crippen LogP contribution is 2.15. The maximum atomic E-state index is 9.12. The second-order valence-corrected chi connectivity index (χ2v) is 5.26. The predicted molar refractivity (Wildman–Crippen MR) is 62.8 cm³/mol. The molecule has 0 amide bonds. The van der Waals surface area contributed by atoms with E-state index in [0.717, 1.165) is 19.6 Å². The number of aliphatic hydroxyl groups is 1. The molecule has 0 bridgehead atoms. The minimum Gasteiger partial charge on any atom is -0.394 e. The molecule has 1 fully saturated rings. The minimum absolute atomic E-state index is 0.0456. The number of piperidine rings is 1. The van der Waals surface area contributed by atoms with Crippen molar-refractivity contribution < 1.29 is 5.11 Å². The average molecular weight is 215 g/mol. The van der Waals surface area contributed by atoms with E-state index in [-0.39, 0.29) is 6.61 Å². The fourth-order valence-corrected chi connectivity index (χ4v) is 2.18. The van der Waals surface area contributed by atoms with Crippen LogP contribution in [0.3, 0.4) is 0 Å². The predicted octanol–water partition coefficient (Wildman–Crippen LogP) is -0.278. The van der Waals surface area contributed by atoms with Gasteiger partial charge in [-0.15, -0.1) is 0 Å². The van der Waals surface area contributed by atoms with Crippen LogP contribution in [0.15, 0.2) is 0 Å². The third-order valence-electron chi connectivity index (χ3n) is 3.28.